The summed E-state index contributed by atoms with van der Waals surface area (Å²) in [5.41, 5.74) is 2.50. The van der Waals surface area contributed by atoms with Gasteiger partial charge < -0.3 is 19.9 Å². The third-order valence-corrected chi connectivity index (χ3v) is 3.92. The van der Waals surface area contributed by atoms with E-state index in [1.165, 1.54) is 11.1 Å². The van der Waals surface area contributed by atoms with Gasteiger partial charge in [-0.15, -0.1) is 0 Å². The van der Waals surface area contributed by atoms with Crippen LogP contribution in [0.4, 0.5) is 4.79 Å². The van der Waals surface area contributed by atoms with Crippen molar-refractivity contribution in [2.24, 2.45) is 0 Å². The standard InChI is InChI=1S/C16H25N3O2/c1-13-6-4-5-7-14(13)15(18(2)3)12-17-16(20)19-8-10-21-11-9-19/h4-7,15H,8-12H2,1-3H3,(H,17,20)/t15-/m1/s1. The second-order valence-electron chi connectivity index (χ2n) is 5.62. The van der Waals surface area contributed by atoms with Crippen molar-refractivity contribution in [1.29, 1.82) is 0 Å². The van der Waals surface area contributed by atoms with Gasteiger partial charge in [0.05, 0.1) is 19.3 Å². The molecule has 0 aromatic heterocycles. The van der Waals surface area contributed by atoms with Crippen LogP contribution in [-0.4, -0.2) is 62.8 Å². The van der Waals surface area contributed by atoms with Crippen LogP contribution in [0.2, 0.25) is 0 Å². The predicted molar refractivity (Wildman–Crippen MR) is 83.4 cm³/mol. The van der Waals surface area contributed by atoms with Crippen LogP contribution in [0.15, 0.2) is 24.3 Å². The summed E-state index contributed by atoms with van der Waals surface area (Å²) in [4.78, 5) is 16.1. The molecule has 1 aromatic carbocycles. The van der Waals surface area contributed by atoms with Crippen LogP contribution in [0.25, 0.3) is 0 Å². The van der Waals surface area contributed by atoms with Crippen LogP contribution >= 0.6 is 0 Å². The zero-order valence-corrected chi connectivity index (χ0v) is 13.1. The Kier molecular flexibility index (Phi) is 5.59. The van der Waals surface area contributed by atoms with E-state index in [0.29, 0.717) is 32.8 Å². The van der Waals surface area contributed by atoms with Gasteiger partial charge in [0, 0.05) is 19.6 Å². The van der Waals surface area contributed by atoms with Crippen molar-refractivity contribution < 1.29 is 9.53 Å². The van der Waals surface area contributed by atoms with Crippen molar-refractivity contribution in [3.05, 3.63) is 35.4 Å². The Morgan fingerprint density at radius 1 is 1.33 bits per heavy atom. The zero-order valence-electron chi connectivity index (χ0n) is 13.1. The first-order chi connectivity index (χ1) is 10.1. The minimum Gasteiger partial charge on any atom is -0.378 e. The molecule has 2 rings (SSSR count). The number of urea groups is 1. The molecule has 1 aliphatic rings. The van der Waals surface area contributed by atoms with Gasteiger partial charge in [0.2, 0.25) is 0 Å². The van der Waals surface area contributed by atoms with Gasteiger partial charge in [-0.25, -0.2) is 4.79 Å². The number of morpholine rings is 1. The predicted octanol–water partition coefficient (Wildman–Crippen LogP) is 1.64. The van der Waals surface area contributed by atoms with E-state index < -0.39 is 0 Å². The Balaban J connectivity index is 1.97. The number of nitrogens with one attached hydrogen (secondary N) is 1. The number of carbonyl (C=O) groups excluding carboxylic acids is 1. The number of carbonyl (C=O) groups is 1. The summed E-state index contributed by atoms with van der Waals surface area (Å²) in [6.45, 7) is 5.31. The number of amides is 2. The molecule has 0 bridgehead atoms. The van der Waals surface area contributed by atoms with Crippen molar-refractivity contribution in [1.82, 2.24) is 15.1 Å². The molecule has 116 valence electrons. The van der Waals surface area contributed by atoms with E-state index in [1.807, 2.05) is 31.1 Å². The Hall–Kier alpha value is -1.59. The number of rotatable bonds is 4. The Bertz CT molecular complexity index is 470. The van der Waals surface area contributed by atoms with E-state index in [2.05, 4.69) is 29.3 Å². The Morgan fingerprint density at radius 2 is 2.00 bits per heavy atom. The topological polar surface area (TPSA) is 44.8 Å². The van der Waals surface area contributed by atoms with Crippen LogP contribution in [0.1, 0.15) is 17.2 Å². The highest BCUT2D eigenvalue weighted by Crippen LogP contribution is 2.21. The van der Waals surface area contributed by atoms with Gasteiger partial charge in [-0.1, -0.05) is 24.3 Å². The van der Waals surface area contributed by atoms with E-state index >= 15 is 0 Å². The first-order valence-electron chi connectivity index (χ1n) is 7.42. The summed E-state index contributed by atoms with van der Waals surface area (Å²) in [6.07, 6.45) is 0. The SMILES string of the molecule is Cc1ccccc1[C@@H](CNC(=O)N1CCOCC1)N(C)C. The van der Waals surface area contributed by atoms with E-state index in [-0.39, 0.29) is 12.1 Å². The third kappa shape index (κ3) is 4.19. The average molecular weight is 291 g/mol. The maximum absolute atomic E-state index is 12.2. The summed E-state index contributed by atoms with van der Waals surface area (Å²) in [5.74, 6) is 0. The molecule has 0 aliphatic carbocycles. The zero-order chi connectivity index (χ0) is 15.2. The summed E-state index contributed by atoms with van der Waals surface area (Å²) in [6, 6.07) is 8.49. The van der Waals surface area contributed by atoms with E-state index in [0.717, 1.165) is 0 Å². The van der Waals surface area contributed by atoms with Crippen molar-refractivity contribution in [2.75, 3.05) is 46.9 Å². The molecule has 1 heterocycles. The molecule has 0 radical (unpaired) electrons. The number of ether oxygens (including phenoxy) is 1. The lowest BCUT2D eigenvalue weighted by Crippen LogP contribution is -2.47. The highest BCUT2D eigenvalue weighted by Gasteiger charge is 2.20. The Morgan fingerprint density at radius 3 is 2.62 bits per heavy atom. The molecule has 2 amide bonds. The average Bonchev–Trinajstić information content (AvgIpc) is 2.49. The summed E-state index contributed by atoms with van der Waals surface area (Å²) in [5, 5.41) is 3.05. The quantitative estimate of drug-likeness (QED) is 0.917. The van der Waals surface area contributed by atoms with Gasteiger partial charge >= 0.3 is 6.03 Å². The summed E-state index contributed by atoms with van der Waals surface area (Å²) in [7, 11) is 4.08. The van der Waals surface area contributed by atoms with Crippen LogP contribution in [0.3, 0.4) is 0 Å². The lowest BCUT2D eigenvalue weighted by atomic mass is 10.0. The number of aryl methyl sites for hydroxylation is 1. The smallest absolute Gasteiger partial charge is 0.317 e. The second-order valence-corrected chi connectivity index (χ2v) is 5.62. The molecule has 1 aromatic rings. The molecule has 1 saturated heterocycles. The molecule has 1 aliphatic heterocycles. The van der Waals surface area contributed by atoms with Crippen molar-refractivity contribution >= 4 is 6.03 Å². The monoisotopic (exact) mass is 291 g/mol. The highest BCUT2D eigenvalue weighted by molar-refractivity contribution is 5.74. The minimum absolute atomic E-state index is 0.00117. The van der Waals surface area contributed by atoms with Gasteiger partial charge in [0.15, 0.2) is 0 Å². The number of hydrogen-bond donors (Lipinski definition) is 1. The first-order valence-corrected chi connectivity index (χ1v) is 7.42. The van der Waals surface area contributed by atoms with Crippen LogP contribution < -0.4 is 5.32 Å². The maximum Gasteiger partial charge on any atom is 0.317 e. The van der Waals surface area contributed by atoms with E-state index in [1.54, 1.807) is 0 Å². The maximum atomic E-state index is 12.2. The molecule has 0 spiro atoms. The second kappa shape index (κ2) is 7.43. The minimum atomic E-state index is -0.00117. The van der Waals surface area contributed by atoms with Crippen LogP contribution in [0.5, 0.6) is 0 Å². The van der Waals surface area contributed by atoms with Crippen molar-refractivity contribution in [2.45, 2.75) is 13.0 Å². The number of hydrogen-bond acceptors (Lipinski definition) is 3. The van der Waals surface area contributed by atoms with Gasteiger partial charge in [0.25, 0.3) is 0 Å². The van der Waals surface area contributed by atoms with Crippen molar-refractivity contribution in [3.8, 4) is 0 Å². The molecule has 5 heteroatoms. The molecule has 21 heavy (non-hydrogen) atoms. The van der Waals surface area contributed by atoms with Gasteiger partial charge in [-0.2, -0.15) is 0 Å². The molecule has 1 fully saturated rings. The lowest BCUT2D eigenvalue weighted by molar-refractivity contribution is 0.0528. The summed E-state index contributed by atoms with van der Waals surface area (Å²) >= 11 is 0. The normalized spacial score (nSPS) is 16.9. The molecule has 0 saturated carbocycles. The molecular weight excluding hydrogens is 266 g/mol. The van der Waals surface area contributed by atoms with E-state index in [9.17, 15) is 4.79 Å². The van der Waals surface area contributed by atoms with Gasteiger partial charge in [-0.3, -0.25) is 0 Å². The molecular formula is C16H25N3O2. The fraction of sp³-hybridized carbons (Fsp3) is 0.562. The first kappa shape index (κ1) is 15.8. The van der Waals surface area contributed by atoms with Crippen molar-refractivity contribution in [3.63, 3.8) is 0 Å². The van der Waals surface area contributed by atoms with Crippen LogP contribution in [-0.2, 0) is 4.74 Å². The molecule has 0 unspecified atom stereocenters. The van der Waals surface area contributed by atoms with E-state index in [4.69, 9.17) is 4.74 Å². The number of nitrogens with zero attached hydrogens (tertiary/aromatic N) is 2. The Labute approximate surface area is 126 Å². The lowest BCUT2D eigenvalue weighted by Gasteiger charge is -2.30. The molecule has 1 N–H and O–H groups in total. The molecule has 1 atom stereocenters. The number of likely N-dealkylation sites (N-methyl/N-ethyl adjacent to an activating group) is 1. The fourth-order valence-electron chi connectivity index (χ4n) is 2.59. The third-order valence-electron chi connectivity index (χ3n) is 3.92. The highest BCUT2D eigenvalue weighted by atomic mass is 16.5. The fourth-order valence-corrected chi connectivity index (χ4v) is 2.59. The van der Waals surface area contributed by atoms with Gasteiger partial charge in [0.1, 0.15) is 0 Å². The summed E-state index contributed by atoms with van der Waals surface area (Å²) < 4.78 is 5.27. The molecule has 5 nitrogen and oxygen atoms in total. The van der Waals surface area contributed by atoms with Gasteiger partial charge in [-0.05, 0) is 32.1 Å². The van der Waals surface area contributed by atoms with Crippen LogP contribution in [0, 0.1) is 6.92 Å². The number of benzene rings is 1. The largest absolute Gasteiger partial charge is 0.378 e.